The van der Waals surface area contributed by atoms with Crippen molar-refractivity contribution in [2.45, 2.75) is 49.6 Å². The lowest BCUT2D eigenvalue weighted by Crippen LogP contribution is -2.53. The molecule has 2 aromatic rings. The maximum atomic E-state index is 15.7. The SMILES string of the molecule is O=C(NC[C@@H]1CCO1)N1CC2(CC2)[C@H](NS(=O)(=O)C(F)F)[C@@H]1Cc1cccc(-c2ccccc2)c1F. The third-order valence-corrected chi connectivity index (χ3v) is 8.53. The fourth-order valence-corrected chi connectivity index (χ4v) is 6.07. The standard InChI is InChI=1S/C25H28F3N3O4S/c26-21-17(7-4-8-19(21)16-5-2-1-3-6-16)13-20-22(30-36(33,34)23(27)28)25(10-11-25)15-31(20)24(32)29-14-18-9-12-35-18/h1-8,18,20,22-23,30H,9-15H2,(H,29,32)/t18-,20-,22+/m0/s1. The Bertz CT molecular complexity index is 1220. The maximum absolute atomic E-state index is 15.7. The largest absolute Gasteiger partial charge is 0.376 e. The highest BCUT2D eigenvalue weighted by Crippen LogP contribution is 2.55. The van der Waals surface area contributed by atoms with E-state index in [1.54, 1.807) is 42.5 Å². The van der Waals surface area contributed by atoms with Gasteiger partial charge in [-0.25, -0.2) is 22.3 Å². The molecule has 2 aliphatic heterocycles. The van der Waals surface area contributed by atoms with Gasteiger partial charge in [-0.2, -0.15) is 8.78 Å². The lowest BCUT2D eigenvalue weighted by atomic mass is 9.91. The van der Waals surface area contributed by atoms with Gasteiger partial charge in [0.15, 0.2) is 0 Å². The second-order valence-corrected chi connectivity index (χ2v) is 11.5. The van der Waals surface area contributed by atoms with Crippen LogP contribution < -0.4 is 10.0 Å². The molecule has 0 bridgehead atoms. The van der Waals surface area contributed by atoms with Crippen LogP contribution in [0.3, 0.4) is 0 Å². The first-order valence-electron chi connectivity index (χ1n) is 12.0. The molecule has 0 aromatic heterocycles. The van der Waals surface area contributed by atoms with Crippen LogP contribution in [-0.4, -0.2) is 63.0 Å². The number of carbonyl (C=O) groups excluding carboxylic acids is 1. The summed E-state index contributed by atoms with van der Waals surface area (Å²) in [4.78, 5) is 14.6. The van der Waals surface area contributed by atoms with Gasteiger partial charge in [-0.3, -0.25) is 0 Å². The fraction of sp³-hybridized carbons (Fsp3) is 0.480. The van der Waals surface area contributed by atoms with Crippen LogP contribution in [0.5, 0.6) is 0 Å². The van der Waals surface area contributed by atoms with Gasteiger partial charge in [-0.05, 0) is 36.8 Å². The molecule has 2 saturated heterocycles. The van der Waals surface area contributed by atoms with Crippen LogP contribution in [0.1, 0.15) is 24.8 Å². The summed E-state index contributed by atoms with van der Waals surface area (Å²) in [6, 6.07) is 11.6. The van der Waals surface area contributed by atoms with Crippen molar-refractivity contribution in [1.29, 1.82) is 0 Å². The molecule has 2 heterocycles. The van der Waals surface area contributed by atoms with Gasteiger partial charge in [-0.1, -0.05) is 48.5 Å². The predicted octanol–water partition coefficient (Wildman–Crippen LogP) is 3.51. The molecule has 194 valence electrons. The Morgan fingerprint density at radius 2 is 1.86 bits per heavy atom. The van der Waals surface area contributed by atoms with Crippen LogP contribution in [0.25, 0.3) is 11.1 Å². The number of halogens is 3. The monoisotopic (exact) mass is 523 g/mol. The molecule has 2 N–H and O–H groups in total. The molecule has 5 rings (SSSR count). The lowest BCUT2D eigenvalue weighted by molar-refractivity contribution is -0.0472. The zero-order valence-corrected chi connectivity index (χ0v) is 20.3. The summed E-state index contributed by atoms with van der Waals surface area (Å²) in [7, 11) is -4.92. The van der Waals surface area contributed by atoms with Crippen molar-refractivity contribution in [3.8, 4) is 11.1 Å². The van der Waals surface area contributed by atoms with Crippen LogP contribution in [-0.2, 0) is 21.2 Å². The minimum atomic E-state index is -4.92. The number of ether oxygens (including phenoxy) is 1. The molecule has 2 aromatic carbocycles. The summed E-state index contributed by atoms with van der Waals surface area (Å²) >= 11 is 0. The molecule has 36 heavy (non-hydrogen) atoms. The van der Waals surface area contributed by atoms with Crippen molar-refractivity contribution in [3.63, 3.8) is 0 Å². The van der Waals surface area contributed by atoms with Crippen LogP contribution in [0.15, 0.2) is 48.5 Å². The first-order valence-corrected chi connectivity index (χ1v) is 13.5. The van der Waals surface area contributed by atoms with Gasteiger partial charge in [0, 0.05) is 30.7 Å². The third kappa shape index (κ3) is 4.83. The number of rotatable bonds is 8. The highest BCUT2D eigenvalue weighted by Gasteiger charge is 2.61. The molecule has 3 aliphatic rings. The minimum Gasteiger partial charge on any atom is -0.376 e. The van der Waals surface area contributed by atoms with E-state index in [0.29, 0.717) is 37.1 Å². The number of alkyl halides is 2. The predicted molar refractivity (Wildman–Crippen MR) is 127 cm³/mol. The van der Waals surface area contributed by atoms with E-state index in [4.69, 9.17) is 4.74 Å². The molecule has 0 radical (unpaired) electrons. The molecular formula is C25H28F3N3O4S. The van der Waals surface area contributed by atoms with Crippen LogP contribution in [0.2, 0.25) is 0 Å². The van der Waals surface area contributed by atoms with Crippen LogP contribution in [0, 0.1) is 11.2 Å². The van der Waals surface area contributed by atoms with E-state index in [-0.39, 0.29) is 24.6 Å². The summed E-state index contributed by atoms with van der Waals surface area (Å²) in [5.74, 6) is -4.09. The Labute approximate surface area is 208 Å². The van der Waals surface area contributed by atoms with Crippen molar-refractivity contribution >= 4 is 16.1 Å². The van der Waals surface area contributed by atoms with E-state index in [1.165, 1.54) is 4.90 Å². The van der Waals surface area contributed by atoms with Crippen molar-refractivity contribution in [2.75, 3.05) is 19.7 Å². The third-order valence-electron chi connectivity index (χ3n) is 7.48. The Morgan fingerprint density at radius 3 is 2.47 bits per heavy atom. The van der Waals surface area contributed by atoms with Crippen molar-refractivity contribution in [3.05, 3.63) is 59.9 Å². The van der Waals surface area contributed by atoms with Gasteiger partial charge in [0.2, 0.25) is 0 Å². The number of hydrogen-bond acceptors (Lipinski definition) is 4. The summed E-state index contributed by atoms with van der Waals surface area (Å²) in [5, 5.41) is 2.81. The highest BCUT2D eigenvalue weighted by molar-refractivity contribution is 7.89. The zero-order chi connectivity index (χ0) is 25.5. The van der Waals surface area contributed by atoms with Gasteiger partial charge in [-0.15, -0.1) is 0 Å². The van der Waals surface area contributed by atoms with E-state index in [2.05, 4.69) is 10.0 Å². The average molecular weight is 524 g/mol. The van der Waals surface area contributed by atoms with E-state index in [0.717, 1.165) is 6.42 Å². The van der Waals surface area contributed by atoms with Crippen molar-refractivity contribution in [1.82, 2.24) is 14.9 Å². The number of benzene rings is 2. The Kier molecular flexibility index (Phi) is 6.73. The number of nitrogens with one attached hydrogen (secondary N) is 2. The van der Waals surface area contributed by atoms with Gasteiger partial charge in [0.1, 0.15) is 5.82 Å². The fourth-order valence-electron chi connectivity index (χ4n) is 5.21. The molecule has 1 saturated carbocycles. The van der Waals surface area contributed by atoms with Crippen molar-refractivity contribution < 1.29 is 31.1 Å². The summed E-state index contributed by atoms with van der Waals surface area (Å²) in [6.45, 7) is 1.12. The second kappa shape index (κ2) is 9.68. The molecule has 3 atom stereocenters. The molecule has 1 aliphatic carbocycles. The number of urea groups is 1. The summed E-state index contributed by atoms with van der Waals surface area (Å²) in [5.41, 5.74) is 0.673. The number of likely N-dealkylation sites (tertiary alicyclic amines) is 1. The number of hydrogen-bond donors (Lipinski definition) is 2. The molecule has 7 nitrogen and oxygen atoms in total. The summed E-state index contributed by atoms with van der Waals surface area (Å²) in [6.07, 6.45) is 1.88. The first-order chi connectivity index (χ1) is 17.2. The van der Waals surface area contributed by atoms with E-state index in [1.807, 2.05) is 6.07 Å². The molecule has 2 amide bonds. The van der Waals surface area contributed by atoms with E-state index in [9.17, 15) is 22.0 Å². The maximum Gasteiger partial charge on any atom is 0.350 e. The molecule has 3 fully saturated rings. The zero-order valence-electron chi connectivity index (χ0n) is 19.5. The highest BCUT2D eigenvalue weighted by atomic mass is 32.2. The van der Waals surface area contributed by atoms with E-state index >= 15 is 4.39 Å². The van der Waals surface area contributed by atoms with Crippen LogP contribution in [0.4, 0.5) is 18.0 Å². The molecule has 11 heteroatoms. The van der Waals surface area contributed by atoms with Crippen molar-refractivity contribution in [2.24, 2.45) is 5.41 Å². The normalized spacial score (nSPS) is 24.7. The number of nitrogens with zero attached hydrogens (tertiary/aromatic N) is 1. The van der Waals surface area contributed by atoms with Gasteiger partial charge >= 0.3 is 11.8 Å². The van der Waals surface area contributed by atoms with Gasteiger partial charge < -0.3 is 15.0 Å². The quantitative estimate of drug-likeness (QED) is 0.555. The first kappa shape index (κ1) is 25.0. The van der Waals surface area contributed by atoms with E-state index < -0.39 is 45.1 Å². The molecule has 0 unspecified atom stereocenters. The minimum absolute atomic E-state index is 0.0297. The average Bonchev–Trinajstić information content (AvgIpc) is 3.55. The number of sulfonamides is 1. The smallest absolute Gasteiger partial charge is 0.350 e. The Morgan fingerprint density at radius 1 is 1.14 bits per heavy atom. The topological polar surface area (TPSA) is 87.7 Å². The number of carbonyl (C=O) groups is 1. The van der Waals surface area contributed by atoms with Gasteiger partial charge in [0.25, 0.3) is 10.0 Å². The summed E-state index contributed by atoms with van der Waals surface area (Å²) < 4.78 is 74.1. The van der Waals surface area contributed by atoms with Crippen LogP contribution >= 0.6 is 0 Å². The number of amides is 2. The lowest BCUT2D eigenvalue weighted by Gasteiger charge is -2.31. The second-order valence-electron chi connectivity index (χ2n) is 9.78. The Balaban J connectivity index is 1.46. The van der Waals surface area contributed by atoms with Gasteiger partial charge in [0.05, 0.1) is 18.2 Å². The molecular weight excluding hydrogens is 495 g/mol. The molecule has 1 spiro atoms. The Hall–Kier alpha value is -2.63.